The minimum absolute atomic E-state index is 0.228. The van der Waals surface area contributed by atoms with Crippen molar-refractivity contribution in [1.82, 2.24) is 5.32 Å². The highest BCUT2D eigenvalue weighted by molar-refractivity contribution is 6.39. The fraction of sp³-hybridized carbons (Fsp3) is 0.222. The van der Waals surface area contributed by atoms with Gasteiger partial charge in [-0.25, -0.2) is 0 Å². The van der Waals surface area contributed by atoms with Crippen LogP contribution in [0.2, 0.25) is 0 Å². The molecule has 6 heteroatoms. The van der Waals surface area contributed by atoms with Crippen LogP contribution in [0.3, 0.4) is 0 Å². The molecule has 0 aliphatic rings. The van der Waals surface area contributed by atoms with Crippen LogP contribution >= 0.6 is 0 Å². The minimum atomic E-state index is -0.704. The molecule has 2 amide bonds. The Morgan fingerprint density at radius 2 is 1.71 bits per heavy atom. The number of aryl methyl sites for hydroxylation is 1. The van der Waals surface area contributed by atoms with Crippen LogP contribution < -0.4 is 20.1 Å². The van der Waals surface area contributed by atoms with Gasteiger partial charge < -0.3 is 20.1 Å². The van der Waals surface area contributed by atoms with Crippen molar-refractivity contribution >= 4 is 17.5 Å². The van der Waals surface area contributed by atoms with Crippen LogP contribution in [0.1, 0.15) is 5.56 Å². The zero-order valence-electron chi connectivity index (χ0n) is 13.7. The van der Waals surface area contributed by atoms with Crippen LogP contribution in [0.4, 0.5) is 5.69 Å². The van der Waals surface area contributed by atoms with Gasteiger partial charge in [-0.05, 0) is 48.9 Å². The second kappa shape index (κ2) is 8.57. The molecule has 0 saturated carbocycles. The Morgan fingerprint density at radius 3 is 2.38 bits per heavy atom. The molecule has 2 aromatic carbocycles. The van der Waals surface area contributed by atoms with Crippen LogP contribution in [-0.2, 0) is 9.59 Å². The average molecular weight is 328 g/mol. The number of hydrogen-bond donors (Lipinski definition) is 2. The standard InChI is InChI=1S/C18H20N2O4/c1-13-4-3-5-14(12-13)20-18(22)17(21)19-10-11-24-16-8-6-15(23-2)7-9-16/h3-9,12H,10-11H2,1-2H3,(H,19,21)(H,20,22). The van der Waals surface area contributed by atoms with Gasteiger partial charge >= 0.3 is 11.8 Å². The van der Waals surface area contributed by atoms with E-state index < -0.39 is 11.8 Å². The summed E-state index contributed by atoms with van der Waals surface area (Å²) in [6.45, 7) is 2.40. The molecule has 0 aliphatic carbocycles. The highest BCUT2D eigenvalue weighted by Gasteiger charge is 2.13. The third kappa shape index (κ3) is 5.31. The highest BCUT2D eigenvalue weighted by Crippen LogP contribution is 2.16. The van der Waals surface area contributed by atoms with E-state index in [4.69, 9.17) is 9.47 Å². The Kier molecular flexibility index (Phi) is 6.19. The number of ether oxygens (including phenoxy) is 2. The number of rotatable bonds is 6. The fourth-order valence-corrected chi connectivity index (χ4v) is 2.00. The van der Waals surface area contributed by atoms with E-state index in [1.165, 1.54) is 0 Å². The summed E-state index contributed by atoms with van der Waals surface area (Å²) in [6, 6.07) is 14.3. The Labute approximate surface area is 140 Å². The molecule has 0 fully saturated rings. The zero-order valence-corrected chi connectivity index (χ0v) is 13.7. The monoisotopic (exact) mass is 328 g/mol. The molecule has 0 spiro atoms. The lowest BCUT2D eigenvalue weighted by molar-refractivity contribution is -0.136. The molecular weight excluding hydrogens is 308 g/mol. The molecule has 0 atom stereocenters. The van der Waals surface area contributed by atoms with Gasteiger partial charge in [0, 0.05) is 5.69 Å². The summed E-state index contributed by atoms with van der Waals surface area (Å²) >= 11 is 0. The van der Waals surface area contributed by atoms with Crippen LogP contribution in [0.5, 0.6) is 11.5 Å². The fourth-order valence-electron chi connectivity index (χ4n) is 2.00. The van der Waals surface area contributed by atoms with Gasteiger partial charge in [-0.3, -0.25) is 9.59 Å². The summed E-state index contributed by atoms with van der Waals surface area (Å²) in [5.41, 5.74) is 1.59. The van der Waals surface area contributed by atoms with Gasteiger partial charge in [-0.1, -0.05) is 12.1 Å². The molecule has 2 N–H and O–H groups in total. The molecule has 0 aromatic heterocycles. The molecule has 2 rings (SSSR count). The molecule has 6 nitrogen and oxygen atoms in total. The third-order valence-electron chi connectivity index (χ3n) is 3.20. The second-order valence-corrected chi connectivity index (χ2v) is 5.10. The molecule has 2 aromatic rings. The number of anilines is 1. The Morgan fingerprint density at radius 1 is 1.00 bits per heavy atom. The van der Waals surface area contributed by atoms with E-state index in [1.54, 1.807) is 43.5 Å². The quantitative estimate of drug-likeness (QED) is 0.629. The van der Waals surface area contributed by atoms with E-state index in [-0.39, 0.29) is 13.2 Å². The number of carbonyl (C=O) groups excluding carboxylic acids is 2. The van der Waals surface area contributed by atoms with Gasteiger partial charge in [0.05, 0.1) is 13.7 Å². The van der Waals surface area contributed by atoms with Gasteiger partial charge in [-0.2, -0.15) is 0 Å². The van der Waals surface area contributed by atoms with Crippen LogP contribution in [0, 0.1) is 6.92 Å². The normalized spacial score (nSPS) is 9.92. The summed E-state index contributed by atoms with van der Waals surface area (Å²) in [6.07, 6.45) is 0. The van der Waals surface area contributed by atoms with E-state index in [0.717, 1.165) is 11.3 Å². The number of carbonyl (C=O) groups is 2. The lowest BCUT2D eigenvalue weighted by Crippen LogP contribution is -2.37. The van der Waals surface area contributed by atoms with Gasteiger partial charge in [0.1, 0.15) is 18.1 Å². The summed E-state index contributed by atoms with van der Waals surface area (Å²) in [4.78, 5) is 23.5. The number of methoxy groups -OCH3 is 1. The van der Waals surface area contributed by atoms with E-state index in [1.807, 2.05) is 19.1 Å². The van der Waals surface area contributed by atoms with Crippen molar-refractivity contribution < 1.29 is 19.1 Å². The summed E-state index contributed by atoms with van der Waals surface area (Å²) in [5, 5.41) is 5.06. The predicted octanol–water partition coefficient (Wildman–Crippen LogP) is 2.14. The number of amides is 2. The van der Waals surface area contributed by atoms with Crippen LogP contribution in [-0.4, -0.2) is 32.1 Å². The molecule has 0 saturated heterocycles. The van der Waals surface area contributed by atoms with Gasteiger partial charge in [0.15, 0.2) is 0 Å². The first-order valence-corrected chi connectivity index (χ1v) is 7.51. The molecule has 126 valence electrons. The summed E-state index contributed by atoms with van der Waals surface area (Å²) in [7, 11) is 1.59. The van der Waals surface area contributed by atoms with E-state index in [0.29, 0.717) is 11.4 Å². The molecule has 0 aliphatic heterocycles. The van der Waals surface area contributed by atoms with Crippen LogP contribution in [0.25, 0.3) is 0 Å². The maximum Gasteiger partial charge on any atom is 0.313 e. The zero-order chi connectivity index (χ0) is 17.4. The molecule has 24 heavy (non-hydrogen) atoms. The second-order valence-electron chi connectivity index (χ2n) is 5.10. The van der Waals surface area contributed by atoms with Gasteiger partial charge in [0.25, 0.3) is 0 Å². The third-order valence-corrected chi connectivity index (χ3v) is 3.20. The SMILES string of the molecule is COc1ccc(OCCNC(=O)C(=O)Nc2cccc(C)c2)cc1. The first-order chi connectivity index (χ1) is 11.6. The van der Waals surface area contributed by atoms with Crippen molar-refractivity contribution in [2.45, 2.75) is 6.92 Å². The largest absolute Gasteiger partial charge is 0.497 e. The summed E-state index contributed by atoms with van der Waals surface area (Å²) < 4.78 is 10.5. The number of nitrogens with one attached hydrogen (secondary N) is 2. The van der Waals surface area contributed by atoms with Gasteiger partial charge in [-0.15, -0.1) is 0 Å². The van der Waals surface area contributed by atoms with Crippen molar-refractivity contribution in [3.8, 4) is 11.5 Å². The van der Waals surface area contributed by atoms with E-state index in [9.17, 15) is 9.59 Å². The van der Waals surface area contributed by atoms with Crippen molar-refractivity contribution in [2.24, 2.45) is 0 Å². The first-order valence-electron chi connectivity index (χ1n) is 7.51. The van der Waals surface area contributed by atoms with Gasteiger partial charge in [0.2, 0.25) is 0 Å². The number of hydrogen-bond acceptors (Lipinski definition) is 4. The molecule has 0 bridgehead atoms. The number of benzene rings is 2. The van der Waals surface area contributed by atoms with Crippen molar-refractivity contribution in [3.05, 3.63) is 54.1 Å². The Hall–Kier alpha value is -3.02. The average Bonchev–Trinajstić information content (AvgIpc) is 2.59. The Bertz CT molecular complexity index is 698. The van der Waals surface area contributed by atoms with Crippen molar-refractivity contribution in [3.63, 3.8) is 0 Å². The van der Waals surface area contributed by atoms with Crippen molar-refractivity contribution in [2.75, 3.05) is 25.6 Å². The molecule has 0 unspecified atom stereocenters. The Balaban J connectivity index is 1.71. The van der Waals surface area contributed by atoms with E-state index >= 15 is 0 Å². The molecule has 0 heterocycles. The highest BCUT2D eigenvalue weighted by atomic mass is 16.5. The summed E-state index contributed by atoms with van der Waals surface area (Å²) in [5.74, 6) is -0.00221. The lowest BCUT2D eigenvalue weighted by atomic mass is 10.2. The first kappa shape index (κ1) is 17.3. The lowest BCUT2D eigenvalue weighted by Gasteiger charge is -2.09. The van der Waals surface area contributed by atoms with E-state index in [2.05, 4.69) is 10.6 Å². The smallest absolute Gasteiger partial charge is 0.313 e. The minimum Gasteiger partial charge on any atom is -0.497 e. The predicted molar refractivity (Wildman–Crippen MR) is 91.3 cm³/mol. The molecular formula is C18H20N2O4. The maximum atomic E-state index is 11.8. The van der Waals surface area contributed by atoms with Crippen LogP contribution in [0.15, 0.2) is 48.5 Å². The maximum absolute atomic E-state index is 11.8. The van der Waals surface area contributed by atoms with Crippen molar-refractivity contribution in [1.29, 1.82) is 0 Å². The topological polar surface area (TPSA) is 76.7 Å². The molecule has 0 radical (unpaired) electrons.